The van der Waals surface area contributed by atoms with Crippen molar-refractivity contribution in [3.63, 3.8) is 0 Å². The first kappa shape index (κ1) is 10.3. The van der Waals surface area contributed by atoms with Crippen LogP contribution in [0.4, 0.5) is 0 Å². The highest BCUT2D eigenvalue weighted by Crippen LogP contribution is 2.54. The summed E-state index contributed by atoms with van der Waals surface area (Å²) in [6, 6.07) is 0. The van der Waals surface area contributed by atoms with Gasteiger partial charge in [0.2, 0.25) is 0 Å². The van der Waals surface area contributed by atoms with Gasteiger partial charge in [-0.1, -0.05) is 24.4 Å². The van der Waals surface area contributed by atoms with Crippen molar-refractivity contribution in [1.82, 2.24) is 0 Å². The van der Waals surface area contributed by atoms with Gasteiger partial charge in [0, 0.05) is 11.8 Å². The number of hydrogen-bond donors (Lipinski definition) is 0. The van der Waals surface area contributed by atoms with Gasteiger partial charge in [-0.25, -0.2) is 0 Å². The Balaban J connectivity index is 1.96. The predicted octanol–water partition coefficient (Wildman–Crippen LogP) is 3.36. The van der Waals surface area contributed by atoms with Gasteiger partial charge in [-0.15, -0.1) is 22.7 Å². The Labute approximate surface area is 111 Å². The third kappa shape index (κ3) is 1.17. The number of carbonyl (C=O) groups is 2. The van der Waals surface area contributed by atoms with E-state index in [4.69, 9.17) is 12.2 Å². The second-order valence-corrected chi connectivity index (χ2v) is 8.07. The largest absolute Gasteiger partial charge is 0.293 e. The SMILES string of the molecule is O=C1c2sc(=S)sc2C(=O)C2C3C=CC(C3)C12. The molecule has 1 saturated carbocycles. The minimum atomic E-state index is -0.0924. The molecule has 0 amide bonds. The molecule has 4 rings (SSSR count). The number of allylic oxidation sites excluding steroid dienone is 2. The molecule has 0 spiro atoms. The van der Waals surface area contributed by atoms with Gasteiger partial charge in [-0.2, -0.15) is 0 Å². The Kier molecular flexibility index (Phi) is 1.95. The lowest BCUT2D eigenvalue weighted by Crippen LogP contribution is -2.37. The van der Waals surface area contributed by atoms with Crippen molar-refractivity contribution in [2.75, 3.05) is 0 Å². The molecule has 1 fully saturated rings. The van der Waals surface area contributed by atoms with Crippen molar-refractivity contribution in [3.05, 3.63) is 25.0 Å². The lowest BCUT2D eigenvalue weighted by molar-refractivity contribution is 0.0728. The second-order valence-electron chi connectivity index (χ2n) is 4.84. The maximum atomic E-state index is 12.4. The molecule has 2 bridgehead atoms. The van der Waals surface area contributed by atoms with Crippen LogP contribution in [0.15, 0.2) is 12.2 Å². The maximum Gasteiger partial charge on any atom is 0.178 e. The van der Waals surface area contributed by atoms with Crippen LogP contribution in [0.3, 0.4) is 0 Å². The molecule has 0 saturated heterocycles. The van der Waals surface area contributed by atoms with Crippen molar-refractivity contribution in [1.29, 1.82) is 0 Å². The maximum absolute atomic E-state index is 12.4. The topological polar surface area (TPSA) is 34.1 Å². The van der Waals surface area contributed by atoms with Crippen LogP contribution in [0.2, 0.25) is 0 Å². The zero-order chi connectivity index (χ0) is 11.7. The van der Waals surface area contributed by atoms with Crippen LogP contribution in [-0.2, 0) is 0 Å². The van der Waals surface area contributed by atoms with Gasteiger partial charge in [0.05, 0.1) is 9.75 Å². The lowest BCUT2D eigenvalue weighted by atomic mass is 9.74. The van der Waals surface area contributed by atoms with E-state index in [1.54, 1.807) is 0 Å². The van der Waals surface area contributed by atoms with Crippen molar-refractivity contribution < 1.29 is 9.59 Å². The molecule has 1 aromatic rings. The summed E-state index contributed by atoms with van der Waals surface area (Å²) in [6.07, 6.45) is 5.22. The molecule has 0 aromatic carbocycles. The molecule has 17 heavy (non-hydrogen) atoms. The van der Waals surface area contributed by atoms with Gasteiger partial charge in [0.1, 0.15) is 3.14 Å². The molecular formula is C12H8O2S3. The van der Waals surface area contributed by atoms with E-state index in [0.29, 0.717) is 12.9 Å². The van der Waals surface area contributed by atoms with E-state index in [1.165, 1.54) is 22.7 Å². The van der Waals surface area contributed by atoms with E-state index in [0.717, 1.165) is 6.42 Å². The molecule has 5 heteroatoms. The van der Waals surface area contributed by atoms with Gasteiger partial charge in [0.25, 0.3) is 0 Å². The van der Waals surface area contributed by atoms with Crippen LogP contribution in [0.25, 0.3) is 0 Å². The number of ketones is 2. The van der Waals surface area contributed by atoms with E-state index in [9.17, 15) is 9.59 Å². The summed E-state index contributed by atoms with van der Waals surface area (Å²) in [5, 5.41) is 0. The van der Waals surface area contributed by atoms with E-state index in [1.807, 2.05) is 0 Å². The van der Waals surface area contributed by atoms with Crippen LogP contribution in [0, 0.1) is 26.8 Å². The third-order valence-electron chi connectivity index (χ3n) is 4.09. The molecule has 2 nitrogen and oxygen atoms in total. The minimum Gasteiger partial charge on any atom is -0.293 e. The third-order valence-corrected chi connectivity index (χ3v) is 6.77. The summed E-state index contributed by atoms with van der Waals surface area (Å²) >= 11 is 7.74. The molecule has 3 aliphatic rings. The van der Waals surface area contributed by atoms with Crippen molar-refractivity contribution in [2.24, 2.45) is 23.7 Å². The number of Topliss-reactive ketones (excluding diaryl/α,β-unsaturated/α-hetero) is 2. The molecule has 3 aliphatic carbocycles. The number of fused-ring (bicyclic) bond motifs is 6. The van der Waals surface area contributed by atoms with Crippen LogP contribution in [0.5, 0.6) is 0 Å². The Morgan fingerprint density at radius 1 is 1.00 bits per heavy atom. The minimum absolute atomic E-state index is 0.0924. The Morgan fingerprint density at radius 2 is 1.47 bits per heavy atom. The fraction of sp³-hybridized carbons (Fsp3) is 0.417. The summed E-state index contributed by atoms with van der Waals surface area (Å²) in [5.74, 6) is 0.721. The summed E-state index contributed by atoms with van der Waals surface area (Å²) in [6.45, 7) is 0. The summed E-state index contributed by atoms with van der Waals surface area (Å²) in [7, 11) is 0. The fourth-order valence-corrected chi connectivity index (χ4v) is 6.05. The normalized spacial score (nSPS) is 37.4. The molecule has 0 aliphatic heterocycles. The monoisotopic (exact) mass is 280 g/mol. The highest BCUT2D eigenvalue weighted by Gasteiger charge is 2.55. The van der Waals surface area contributed by atoms with Crippen LogP contribution in [-0.4, -0.2) is 11.6 Å². The van der Waals surface area contributed by atoms with Crippen LogP contribution >= 0.6 is 34.9 Å². The highest BCUT2D eigenvalue weighted by atomic mass is 32.2. The zero-order valence-corrected chi connectivity index (χ0v) is 11.2. The van der Waals surface area contributed by atoms with Gasteiger partial charge < -0.3 is 0 Å². The van der Waals surface area contributed by atoms with E-state index >= 15 is 0 Å². The summed E-state index contributed by atoms with van der Waals surface area (Å²) in [4.78, 5) is 26.1. The molecule has 4 unspecified atom stereocenters. The summed E-state index contributed by atoms with van der Waals surface area (Å²) < 4.78 is 0.692. The number of rotatable bonds is 0. The van der Waals surface area contributed by atoms with Crippen molar-refractivity contribution in [3.8, 4) is 0 Å². The van der Waals surface area contributed by atoms with Gasteiger partial charge in [0.15, 0.2) is 11.6 Å². The number of carbonyl (C=O) groups excluding carboxylic acids is 2. The molecule has 86 valence electrons. The average Bonchev–Trinajstić information content (AvgIpc) is 2.97. The Hall–Kier alpha value is -0.650. The predicted molar refractivity (Wildman–Crippen MR) is 69.4 cm³/mol. The Morgan fingerprint density at radius 3 is 1.94 bits per heavy atom. The lowest BCUT2D eigenvalue weighted by Gasteiger charge is -2.29. The van der Waals surface area contributed by atoms with E-state index in [2.05, 4.69) is 12.2 Å². The van der Waals surface area contributed by atoms with Crippen molar-refractivity contribution >= 4 is 46.5 Å². The Bertz CT molecular complexity index is 586. The highest BCUT2D eigenvalue weighted by molar-refractivity contribution is 7.76. The van der Waals surface area contributed by atoms with E-state index < -0.39 is 0 Å². The molecule has 0 radical (unpaired) electrons. The second kappa shape index (κ2) is 3.22. The zero-order valence-electron chi connectivity index (χ0n) is 8.71. The first-order chi connectivity index (χ1) is 8.16. The smallest absolute Gasteiger partial charge is 0.178 e. The molecule has 0 N–H and O–H groups in total. The van der Waals surface area contributed by atoms with Crippen LogP contribution < -0.4 is 0 Å². The first-order valence-corrected chi connectivity index (χ1v) is 7.61. The fourth-order valence-electron chi connectivity index (χ4n) is 3.44. The molecule has 1 heterocycles. The van der Waals surface area contributed by atoms with Gasteiger partial charge >= 0.3 is 0 Å². The van der Waals surface area contributed by atoms with Crippen molar-refractivity contribution in [2.45, 2.75) is 6.42 Å². The average molecular weight is 280 g/mol. The quantitative estimate of drug-likeness (QED) is 0.540. The molecule has 1 aromatic heterocycles. The first-order valence-electron chi connectivity index (χ1n) is 5.57. The number of hydrogen-bond acceptors (Lipinski definition) is 5. The standard InChI is InChI=1S/C12H8O2S3/c13-8-6-4-1-2-5(3-4)7(6)9(14)11-10(8)16-12(15)17-11/h1-2,4-7H,3H2. The summed E-state index contributed by atoms with van der Waals surface area (Å²) in [5.41, 5.74) is 0. The van der Waals surface area contributed by atoms with Gasteiger partial charge in [-0.05, 0) is 18.3 Å². The van der Waals surface area contributed by atoms with Crippen LogP contribution in [0.1, 0.15) is 25.8 Å². The molecular weight excluding hydrogens is 272 g/mol. The van der Waals surface area contributed by atoms with E-state index in [-0.39, 0.29) is 35.2 Å². The molecule has 4 atom stereocenters. The van der Waals surface area contributed by atoms with Gasteiger partial charge in [-0.3, -0.25) is 9.59 Å².